The van der Waals surface area contributed by atoms with Gasteiger partial charge in [-0.1, -0.05) is 52.2 Å². The molecule has 1 aliphatic carbocycles. The SMILES string of the molecule is C.CCCCCC1CCC(c2ccc(F)cc2)CC1. The van der Waals surface area contributed by atoms with E-state index >= 15 is 0 Å². The molecule has 19 heavy (non-hydrogen) atoms. The second-order valence-corrected chi connectivity index (χ2v) is 5.76. The Hall–Kier alpha value is -0.850. The Labute approximate surface area is 118 Å². The van der Waals surface area contributed by atoms with Gasteiger partial charge in [0, 0.05) is 0 Å². The average molecular weight is 264 g/mol. The minimum Gasteiger partial charge on any atom is -0.207 e. The largest absolute Gasteiger partial charge is 0.207 e. The number of unbranched alkanes of at least 4 members (excludes halogenated alkanes) is 2. The van der Waals surface area contributed by atoms with E-state index < -0.39 is 0 Å². The van der Waals surface area contributed by atoms with E-state index in [4.69, 9.17) is 0 Å². The molecule has 1 aromatic carbocycles. The van der Waals surface area contributed by atoms with Crippen molar-refractivity contribution in [3.8, 4) is 0 Å². The van der Waals surface area contributed by atoms with Gasteiger partial charge >= 0.3 is 0 Å². The topological polar surface area (TPSA) is 0 Å². The molecule has 0 atom stereocenters. The summed E-state index contributed by atoms with van der Waals surface area (Å²) in [7, 11) is 0. The molecule has 0 bridgehead atoms. The van der Waals surface area contributed by atoms with Crippen LogP contribution >= 0.6 is 0 Å². The lowest BCUT2D eigenvalue weighted by atomic mass is 9.77. The number of rotatable bonds is 5. The van der Waals surface area contributed by atoms with Crippen molar-refractivity contribution in [1.29, 1.82) is 0 Å². The molecule has 0 unspecified atom stereocenters. The minimum atomic E-state index is -0.119. The molecule has 0 amide bonds. The van der Waals surface area contributed by atoms with Crippen LogP contribution < -0.4 is 0 Å². The van der Waals surface area contributed by atoms with Crippen LogP contribution in [0.15, 0.2) is 24.3 Å². The fraction of sp³-hybridized carbons (Fsp3) is 0.667. The maximum absolute atomic E-state index is 12.9. The van der Waals surface area contributed by atoms with Crippen LogP contribution in [0.1, 0.15) is 77.2 Å². The van der Waals surface area contributed by atoms with E-state index in [2.05, 4.69) is 6.92 Å². The summed E-state index contributed by atoms with van der Waals surface area (Å²) in [6.45, 7) is 2.27. The highest BCUT2D eigenvalue weighted by Crippen LogP contribution is 2.37. The highest BCUT2D eigenvalue weighted by Gasteiger charge is 2.21. The van der Waals surface area contributed by atoms with E-state index in [0.717, 1.165) is 5.92 Å². The van der Waals surface area contributed by atoms with Crippen LogP contribution in [0, 0.1) is 11.7 Å². The molecular weight excluding hydrogens is 235 g/mol. The lowest BCUT2D eigenvalue weighted by Crippen LogP contribution is -2.13. The Balaban J connectivity index is 0.00000180. The third kappa shape index (κ3) is 4.97. The zero-order valence-electron chi connectivity index (χ0n) is 11.5. The van der Waals surface area contributed by atoms with Crippen molar-refractivity contribution < 1.29 is 4.39 Å². The van der Waals surface area contributed by atoms with Crippen molar-refractivity contribution in [1.82, 2.24) is 0 Å². The van der Waals surface area contributed by atoms with Gasteiger partial charge < -0.3 is 0 Å². The van der Waals surface area contributed by atoms with Crippen molar-refractivity contribution in [2.24, 2.45) is 5.92 Å². The molecule has 0 nitrogen and oxygen atoms in total. The number of hydrogen-bond acceptors (Lipinski definition) is 0. The zero-order chi connectivity index (χ0) is 12.8. The summed E-state index contributed by atoms with van der Waals surface area (Å²) in [4.78, 5) is 0. The molecule has 108 valence electrons. The predicted molar refractivity (Wildman–Crippen MR) is 82.0 cm³/mol. The third-order valence-corrected chi connectivity index (χ3v) is 4.40. The van der Waals surface area contributed by atoms with E-state index in [-0.39, 0.29) is 13.2 Å². The van der Waals surface area contributed by atoms with Crippen LogP contribution in [0.2, 0.25) is 0 Å². The van der Waals surface area contributed by atoms with E-state index in [0.29, 0.717) is 5.92 Å². The summed E-state index contributed by atoms with van der Waals surface area (Å²) in [6.07, 6.45) is 10.9. The van der Waals surface area contributed by atoms with Crippen LogP contribution in [-0.2, 0) is 0 Å². The van der Waals surface area contributed by atoms with Crippen molar-refractivity contribution in [2.75, 3.05) is 0 Å². The highest BCUT2D eigenvalue weighted by molar-refractivity contribution is 5.20. The van der Waals surface area contributed by atoms with Gasteiger partial charge in [0.05, 0.1) is 0 Å². The van der Waals surface area contributed by atoms with Gasteiger partial charge in [-0.05, 0) is 55.2 Å². The molecule has 2 rings (SSSR count). The summed E-state index contributed by atoms with van der Waals surface area (Å²) < 4.78 is 12.9. The third-order valence-electron chi connectivity index (χ3n) is 4.40. The van der Waals surface area contributed by atoms with Gasteiger partial charge in [0.25, 0.3) is 0 Å². The summed E-state index contributed by atoms with van der Waals surface area (Å²) >= 11 is 0. The second kappa shape index (κ2) is 8.35. The highest BCUT2D eigenvalue weighted by atomic mass is 19.1. The average Bonchev–Trinajstić information content (AvgIpc) is 2.41. The summed E-state index contributed by atoms with van der Waals surface area (Å²) in [5.74, 6) is 1.51. The van der Waals surface area contributed by atoms with Crippen molar-refractivity contribution in [3.05, 3.63) is 35.6 Å². The molecular formula is C18H29F. The van der Waals surface area contributed by atoms with Crippen LogP contribution in [0.3, 0.4) is 0 Å². The maximum Gasteiger partial charge on any atom is 0.123 e. The minimum absolute atomic E-state index is 0. The van der Waals surface area contributed by atoms with Gasteiger partial charge in [-0.3, -0.25) is 0 Å². The van der Waals surface area contributed by atoms with Gasteiger partial charge in [0.1, 0.15) is 5.82 Å². The molecule has 1 aromatic rings. The standard InChI is InChI=1S/C17H25F.CH4/c1-2-3-4-5-14-6-8-15(9-7-14)16-10-12-17(18)13-11-16;/h10-15H,2-9H2,1H3;1H4. The Morgan fingerprint density at radius 2 is 1.63 bits per heavy atom. The number of hydrogen-bond donors (Lipinski definition) is 0. The zero-order valence-corrected chi connectivity index (χ0v) is 11.5. The quantitative estimate of drug-likeness (QED) is 0.546. The first-order valence-corrected chi connectivity index (χ1v) is 7.55. The lowest BCUT2D eigenvalue weighted by Gasteiger charge is -2.28. The van der Waals surface area contributed by atoms with E-state index in [1.807, 2.05) is 12.1 Å². The Bertz CT molecular complexity index is 333. The van der Waals surface area contributed by atoms with Crippen LogP contribution in [0.5, 0.6) is 0 Å². The molecule has 0 aliphatic heterocycles. The normalized spacial score (nSPS) is 22.8. The van der Waals surface area contributed by atoms with Crippen molar-refractivity contribution in [2.45, 2.75) is 71.6 Å². The van der Waals surface area contributed by atoms with E-state index in [9.17, 15) is 4.39 Å². The Morgan fingerprint density at radius 1 is 1.00 bits per heavy atom. The molecule has 1 saturated carbocycles. The Morgan fingerprint density at radius 3 is 2.21 bits per heavy atom. The second-order valence-electron chi connectivity index (χ2n) is 5.76. The molecule has 0 N–H and O–H groups in total. The fourth-order valence-corrected chi connectivity index (χ4v) is 3.20. The van der Waals surface area contributed by atoms with Gasteiger partial charge in [-0.15, -0.1) is 0 Å². The first-order chi connectivity index (χ1) is 8.79. The molecule has 0 radical (unpaired) electrons. The molecule has 0 saturated heterocycles. The molecule has 0 aromatic heterocycles. The van der Waals surface area contributed by atoms with Gasteiger partial charge in [0.2, 0.25) is 0 Å². The van der Waals surface area contributed by atoms with Gasteiger partial charge in [0.15, 0.2) is 0 Å². The van der Waals surface area contributed by atoms with Crippen LogP contribution in [-0.4, -0.2) is 0 Å². The first-order valence-electron chi connectivity index (χ1n) is 7.55. The van der Waals surface area contributed by atoms with Crippen LogP contribution in [0.25, 0.3) is 0 Å². The van der Waals surface area contributed by atoms with Crippen molar-refractivity contribution in [3.63, 3.8) is 0 Å². The molecule has 0 spiro atoms. The van der Waals surface area contributed by atoms with Gasteiger partial charge in [-0.2, -0.15) is 0 Å². The number of halogens is 1. The molecule has 0 heterocycles. The molecule has 1 fully saturated rings. The van der Waals surface area contributed by atoms with Crippen LogP contribution in [0.4, 0.5) is 4.39 Å². The summed E-state index contributed by atoms with van der Waals surface area (Å²) in [6, 6.07) is 7.14. The van der Waals surface area contributed by atoms with Gasteiger partial charge in [-0.25, -0.2) is 4.39 Å². The molecule has 1 aliphatic rings. The lowest BCUT2D eigenvalue weighted by molar-refractivity contribution is 0.302. The van der Waals surface area contributed by atoms with Crippen molar-refractivity contribution >= 4 is 0 Å². The monoisotopic (exact) mass is 264 g/mol. The molecule has 1 heteroatoms. The maximum atomic E-state index is 12.9. The number of benzene rings is 1. The summed E-state index contributed by atoms with van der Waals surface area (Å²) in [5, 5.41) is 0. The predicted octanol–water partition coefficient (Wildman–Crippen LogP) is 6.32. The first kappa shape index (κ1) is 16.2. The summed E-state index contributed by atoms with van der Waals surface area (Å²) in [5.41, 5.74) is 1.34. The smallest absolute Gasteiger partial charge is 0.123 e. The van der Waals surface area contributed by atoms with E-state index in [1.165, 1.54) is 56.9 Å². The Kier molecular flexibility index (Phi) is 7.12. The van der Waals surface area contributed by atoms with E-state index in [1.54, 1.807) is 12.1 Å². The fourth-order valence-electron chi connectivity index (χ4n) is 3.20.